The molecule has 80 valence electrons. The van der Waals surface area contributed by atoms with Crippen LogP contribution in [0.2, 0.25) is 0 Å². The Hall–Kier alpha value is -1.84. The Balaban J connectivity index is 3.07. The molecule has 0 saturated carbocycles. The van der Waals surface area contributed by atoms with Crippen LogP contribution in [0, 0.1) is 0 Å². The molecule has 0 aliphatic heterocycles. The summed E-state index contributed by atoms with van der Waals surface area (Å²) in [5, 5.41) is 8.46. The van der Waals surface area contributed by atoms with Gasteiger partial charge in [-0.3, -0.25) is 0 Å². The van der Waals surface area contributed by atoms with Crippen molar-refractivity contribution in [3.05, 3.63) is 35.7 Å². The van der Waals surface area contributed by atoms with Crippen LogP contribution in [0.25, 0.3) is 5.57 Å². The van der Waals surface area contributed by atoms with E-state index in [2.05, 4.69) is 0 Å². The third kappa shape index (κ3) is 2.56. The number of hydrogen-bond acceptors (Lipinski definition) is 2. The lowest BCUT2D eigenvalue weighted by Crippen LogP contribution is -1.97. The second kappa shape index (κ2) is 4.59. The average molecular weight is 210 g/mol. The average Bonchev–Trinajstić information content (AvgIpc) is 2.27. The van der Waals surface area contributed by atoms with Crippen LogP contribution in [-0.4, -0.2) is 18.2 Å². The van der Waals surface area contributed by atoms with E-state index in [0.29, 0.717) is 11.3 Å². The van der Waals surface area contributed by atoms with Gasteiger partial charge in [0, 0.05) is 0 Å². The van der Waals surface area contributed by atoms with Crippen molar-refractivity contribution in [3.8, 4) is 5.75 Å². The first-order valence-corrected chi connectivity index (χ1v) is 4.30. The van der Waals surface area contributed by atoms with E-state index in [1.165, 1.54) is 14.0 Å². The molecule has 0 amide bonds. The predicted octanol–water partition coefficient (Wildman–Crippen LogP) is 2.48. The van der Waals surface area contributed by atoms with Crippen molar-refractivity contribution in [2.45, 2.75) is 6.92 Å². The van der Waals surface area contributed by atoms with Gasteiger partial charge in [-0.25, -0.2) is 4.79 Å². The van der Waals surface area contributed by atoms with Crippen molar-refractivity contribution in [3.63, 3.8) is 0 Å². The van der Waals surface area contributed by atoms with Crippen LogP contribution >= 0.6 is 0 Å². The molecule has 3 nitrogen and oxygen atoms in total. The summed E-state index contributed by atoms with van der Waals surface area (Å²) in [7, 11) is 1.52. The predicted molar refractivity (Wildman–Crippen MR) is 54.3 cm³/mol. The molecular weight excluding hydrogens is 199 g/mol. The lowest BCUT2D eigenvalue weighted by Gasteiger charge is -2.03. The van der Waals surface area contributed by atoms with Gasteiger partial charge in [0.15, 0.2) is 0 Å². The molecule has 1 rings (SSSR count). The highest BCUT2D eigenvalue weighted by atomic mass is 19.1. The molecule has 0 aliphatic carbocycles. The van der Waals surface area contributed by atoms with E-state index >= 15 is 0 Å². The Labute approximate surface area is 86.8 Å². The number of allylic oxidation sites excluding steroid dienone is 1. The summed E-state index contributed by atoms with van der Waals surface area (Å²) in [5.41, 5.74) is 0.626. The Morgan fingerprint density at radius 1 is 1.33 bits per heavy atom. The van der Waals surface area contributed by atoms with Crippen LogP contribution < -0.4 is 4.74 Å². The molecule has 0 atom stereocenters. The number of hydrogen-bond donors (Lipinski definition) is 1. The highest BCUT2D eigenvalue weighted by Crippen LogP contribution is 2.21. The van der Waals surface area contributed by atoms with Gasteiger partial charge < -0.3 is 9.84 Å². The zero-order valence-electron chi connectivity index (χ0n) is 8.45. The first-order valence-electron chi connectivity index (χ1n) is 4.30. The van der Waals surface area contributed by atoms with Crippen LogP contribution in [-0.2, 0) is 4.79 Å². The fourth-order valence-corrected chi connectivity index (χ4v) is 1.13. The normalized spacial score (nSPS) is 11.9. The minimum absolute atomic E-state index is 0.102. The number of carbonyl (C=O) groups is 1. The number of halogens is 1. The Kier molecular flexibility index (Phi) is 3.44. The number of benzene rings is 1. The number of carboxylic acids is 1. The van der Waals surface area contributed by atoms with E-state index in [-0.39, 0.29) is 5.57 Å². The van der Waals surface area contributed by atoms with Crippen molar-refractivity contribution in [2.75, 3.05) is 7.11 Å². The topological polar surface area (TPSA) is 46.5 Å². The van der Waals surface area contributed by atoms with Gasteiger partial charge in [-0.15, -0.1) is 0 Å². The summed E-state index contributed by atoms with van der Waals surface area (Å²) in [6.45, 7) is 1.42. The fraction of sp³-hybridized carbons (Fsp3) is 0.182. The van der Waals surface area contributed by atoms with Gasteiger partial charge in [0.2, 0.25) is 5.83 Å². The molecule has 0 fully saturated rings. The molecule has 0 aliphatic rings. The Bertz CT molecular complexity index is 393. The second-order valence-electron chi connectivity index (χ2n) is 2.97. The van der Waals surface area contributed by atoms with Crippen molar-refractivity contribution in [1.29, 1.82) is 0 Å². The molecule has 1 N–H and O–H groups in total. The van der Waals surface area contributed by atoms with Gasteiger partial charge in [-0.1, -0.05) is 12.1 Å². The van der Waals surface area contributed by atoms with Crippen LogP contribution in [0.3, 0.4) is 0 Å². The lowest BCUT2D eigenvalue weighted by atomic mass is 10.1. The highest BCUT2D eigenvalue weighted by Gasteiger charge is 2.11. The van der Waals surface area contributed by atoms with E-state index < -0.39 is 11.8 Å². The third-order valence-electron chi connectivity index (χ3n) is 2.04. The van der Waals surface area contributed by atoms with Crippen molar-refractivity contribution in [1.82, 2.24) is 0 Å². The van der Waals surface area contributed by atoms with Gasteiger partial charge in [0.25, 0.3) is 0 Å². The van der Waals surface area contributed by atoms with E-state index in [1.54, 1.807) is 24.3 Å². The highest BCUT2D eigenvalue weighted by molar-refractivity contribution is 5.93. The summed E-state index contributed by atoms with van der Waals surface area (Å²) in [4.78, 5) is 10.4. The smallest absolute Gasteiger partial charge is 0.365 e. The number of aliphatic carboxylic acids is 1. The maximum atomic E-state index is 13.0. The summed E-state index contributed by atoms with van der Waals surface area (Å²) in [5.74, 6) is -2.05. The standard InChI is InChI=1S/C11H11FO3/c1-7(10(12)11(13)14)8-3-5-9(15-2)6-4-8/h3-6H,1-2H3,(H,13,14)/b10-7+. The van der Waals surface area contributed by atoms with Crippen molar-refractivity contribution in [2.24, 2.45) is 0 Å². The van der Waals surface area contributed by atoms with Crippen LogP contribution in [0.5, 0.6) is 5.75 Å². The van der Waals surface area contributed by atoms with Gasteiger partial charge in [-0.2, -0.15) is 4.39 Å². The SMILES string of the molecule is COc1ccc(/C(C)=C(/F)C(=O)O)cc1. The molecule has 0 saturated heterocycles. The second-order valence-corrected chi connectivity index (χ2v) is 2.97. The van der Waals surface area contributed by atoms with Crippen molar-refractivity contribution >= 4 is 11.5 Å². The maximum absolute atomic E-state index is 13.0. The largest absolute Gasteiger partial charge is 0.497 e. The number of carboxylic acid groups (broad SMARTS) is 1. The maximum Gasteiger partial charge on any atom is 0.365 e. The first kappa shape index (κ1) is 11.2. The molecule has 1 aromatic carbocycles. The molecule has 15 heavy (non-hydrogen) atoms. The lowest BCUT2D eigenvalue weighted by molar-refractivity contribution is -0.134. The molecule has 0 bridgehead atoms. The summed E-state index contributed by atoms with van der Waals surface area (Å²) in [6, 6.07) is 6.51. The Morgan fingerprint density at radius 3 is 2.27 bits per heavy atom. The van der Waals surface area contributed by atoms with Crippen LogP contribution in [0.4, 0.5) is 4.39 Å². The minimum Gasteiger partial charge on any atom is -0.497 e. The summed E-state index contributed by atoms with van der Waals surface area (Å²) in [6.07, 6.45) is 0. The zero-order chi connectivity index (χ0) is 11.4. The minimum atomic E-state index is -1.55. The van der Waals surface area contributed by atoms with E-state index in [9.17, 15) is 9.18 Å². The van der Waals surface area contributed by atoms with Crippen LogP contribution in [0.15, 0.2) is 30.1 Å². The molecule has 0 heterocycles. The number of methoxy groups -OCH3 is 1. The first-order chi connectivity index (χ1) is 7.06. The van der Waals surface area contributed by atoms with Crippen molar-refractivity contribution < 1.29 is 19.0 Å². The van der Waals surface area contributed by atoms with Gasteiger partial charge in [0.05, 0.1) is 7.11 Å². The number of ether oxygens (including phenoxy) is 1. The molecule has 0 spiro atoms. The quantitative estimate of drug-likeness (QED) is 0.779. The van der Waals surface area contributed by atoms with E-state index in [1.807, 2.05) is 0 Å². The van der Waals surface area contributed by atoms with Gasteiger partial charge >= 0.3 is 5.97 Å². The monoisotopic (exact) mass is 210 g/mol. The number of rotatable bonds is 3. The zero-order valence-corrected chi connectivity index (χ0v) is 8.45. The van der Waals surface area contributed by atoms with Gasteiger partial charge in [-0.05, 0) is 30.2 Å². The summed E-state index contributed by atoms with van der Waals surface area (Å²) < 4.78 is 18.0. The van der Waals surface area contributed by atoms with Crippen LogP contribution in [0.1, 0.15) is 12.5 Å². The fourth-order valence-electron chi connectivity index (χ4n) is 1.13. The Morgan fingerprint density at radius 2 is 1.87 bits per heavy atom. The van der Waals surface area contributed by atoms with E-state index in [4.69, 9.17) is 9.84 Å². The molecule has 0 unspecified atom stereocenters. The molecule has 1 aromatic rings. The molecule has 0 aromatic heterocycles. The molecular formula is C11H11FO3. The third-order valence-corrected chi connectivity index (χ3v) is 2.04. The van der Waals surface area contributed by atoms with Gasteiger partial charge in [0.1, 0.15) is 5.75 Å². The molecule has 4 heteroatoms. The van der Waals surface area contributed by atoms with E-state index in [0.717, 1.165) is 0 Å². The molecule has 0 radical (unpaired) electrons. The summed E-state index contributed by atoms with van der Waals surface area (Å²) >= 11 is 0.